The Bertz CT molecular complexity index is 845. The van der Waals surface area contributed by atoms with Gasteiger partial charge in [-0.05, 0) is 54.8 Å². The van der Waals surface area contributed by atoms with Crippen molar-refractivity contribution in [2.75, 3.05) is 18.4 Å². The number of nitrogens with zero attached hydrogens (tertiary/aromatic N) is 1. The summed E-state index contributed by atoms with van der Waals surface area (Å²) in [6.45, 7) is 5.35. The molecule has 0 saturated carbocycles. The molecule has 5 nitrogen and oxygen atoms in total. The number of hydrogen-bond acceptors (Lipinski definition) is 2. The van der Waals surface area contributed by atoms with E-state index >= 15 is 0 Å². The first kappa shape index (κ1) is 23.3. The van der Waals surface area contributed by atoms with Crippen LogP contribution in [0.1, 0.15) is 48.2 Å². The minimum Gasteiger partial charge on any atom is -0.339 e. The number of hydrogen-bond donors (Lipinski definition) is 2. The van der Waals surface area contributed by atoms with Crippen LogP contribution in [0.5, 0.6) is 0 Å². The molecule has 0 aliphatic heterocycles. The topological polar surface area (TPSA) is 61.4 Å². The van der Waals surface area contributed by atoms with Crippen molar-refractivity contribution in [2.24, 2.45) is 0 Å². The average molecular weight is 421 g/mol. The highest BCUT2D eigenvalue weighted by molar-refractivity contribution is 5.95. The number of anilines is 1. The number of rotatable bonds is 8. The smallest absolute Gasteiger partial charge is 0.339 e. The van der Waals surface area contributed by atoms with E-state index in [4.69, 9.17) is 0 Å². The van der Waals surface area contributed by atoms with E-state index in [2.05, 4.69) is 10.6 Å². The molecule has 8 heteroatoms. The SMILES string of the molecule is CCCN(CCC)C(=O)c1ccc(NC(=O)NCc2cccc(C(F)(F)F)c2)cc1. The van der Waals surface area contributed by atoms with E-state index in [1.165, 1.54) is 12.1 Å². The Hall–Kier alpha value is -3.03. The Kier molecular flexibility index (Phi) is 8.26. The molecule has 0 saturated heterocycles. The molecule has 0 aliphatic carbocycles. The van der Waals surface area contributed by atoms with E-state index in [0.717, 1.165) is 25.0 Å². The maximum Gasteiger partial charge on any atom is 0.416 e. The lowest BCUT2D eigenvalue weighted by Crippen LogP contribution is -2.32. The van der Waals surface area contributed by atoms with Gasteiger partial charge in [0.15, 0.2) is 0 Å². The number of alkyl halides is 3. The van der Waals surface area contributed by atoms with Crippen LogP contribution in [0, 0.1) is 0 Å². The number of nitrogens with one attached hydrogen (secondary N) is 2. The summed E-state index contributed by atoms with van der Waals surface area (Å²) in [6.07, 6.45) is -2.68. The maximum absolute atomic E-state index is 12.8. The molecular formula is C22H26F3N3O2. The third kappa shape index (κ3) is 6.79. The van der Waals surface area contributed by atoms with Gasteiger partial charge in [0, 0.05) is 30.9 Å². The second kappa shape index (κ2) is 10.7. The van der Waals surface area contributed by atoms with Crippen molar-refractivity contribution in [1.82, 2.24) is 10.2 Å². The van der Waals surface area contributed by atoms with Crippen molar-refractivity contribution in [1.29, 1.82) is 0 Å². The Labute approximate surface area is 174 Å². The highest BCUT2D eigenvalue weighted by atomic mass is 19.4. The molecule has 2 aromatic carbocycles. The zero-order valence-electron chi connectivity index (χ0n) is 17.1. The molecular weight excluding hydrogens is 395 g/mol. The van der Waals surface area contributed by atoms with Gasteiger partial charge in [0.25, 0.3) is 5.91 Å². The van der Waals surface area contributed by atoms with E-state index in [1.54, 1.807) is 29.2 Å². The number of carbonyl (C=O) groups excluding carboxylic acids is 2. The van der Waals surface area contributed by atoms with Gasteiger partial charge in [-0.2, -0.15) is 13.2 Å². The molecule has 0 spiro atoms. The largest absolute Gasteiger partial charge is 0.416 e. The minimum atomic E-state index is -4.43. The van der Waals surface area contributed by atoms with Gasteiger partial charge in [0.05, 0.1) is 5.56 Å². The van der Waals surface area contributed by atoms with Crippen LogP contribution in [0.3, 0.4) is 0 Å². The summed E-state index contributed by atoms with van der Waals surface area (Å²) in [5.41, 5.74) is 0.591. The first-order valence-electron chi connectivity index (χ1n) is 9.85. The fourth-order valence-corrected chi connectivity index (χ4v) is 2.95. The molecule has 0 atom stereocenters. The third-order valence-corrected chi connectivity index (χ3v) is 4.37. The summed E-state index contributed by atoms with van der Waals surface area (Å²) >= 11 is 0. The highest BCUT2D eigenvalue weighted by Gasteiger charge is 2.30. The molecule has 162 valence electrons. The Morgan fingerprint density at radius 1 is 0.967 bits per heavy atom. The standard InChI is InChI=1S/C22H26F3N3O2/c1-3-12-28(13-4-2)20(29)17-8-10-19(11-9-17)27-21(30)26-15-16-6-5-7-18(14-16)22(23,24)25/h5-11,14H,3-4,12-13,15H2,1-2H3,(H2,26,27,30). The van der Waals surface area contributed by atoms with E-state index < -0.39 is 17.8 Å². The Morgan fingerprint density at radius 2 is 1.60 bits per heavy atom. The van der Waals surface area contributed by atoms with Crippen LogP contribution in [0.2, 0.25) is 0 Å². The first-order chi connectivity index (χ1) is 14.2. The molecule has 0 heterocycles. The number of halogens is 3. The minimum absolute atomic E-state index is 0.0463. The van der Waals surface area contributed by atoms with Crippen molar-refractivity contribution in [3.05, 3.63) is 65.2 Å². The number of benzene rings is 2. The number of urea groups is 1. The van der Waals surface area contributed by atoms with Gasteiger partial charge in [-0.25, -0.2) is 4.79 Å². The second-order valence-corrected chi connectivity index (χ2v) is 6.88. The molecule has 0 bridgehead atoms. The molecule has 30 heavy (non-hydrogen) atoms. The van der Waals surface area contributed by atoms with Crippen LogP contribution in [0.4, 0.5) is 23.7 Å². The van der Waals surface area contributed by atoms with Crippen LogP contribution < -0.4 is 10.6 Å². The van der Waals surface area contributed by atoms with Crippen LogP contribution in [0.15, 0.2) is 48.5 Å². The molecule has 0 aliphatic rings. The summed E-state index contributed by atoms with van der Waals surface area (Å²) in [5.74, 6) is -0.0563. The predicted molar refractivity (Wildman–Crippen MR) is 110 cm³/mol. The van der Waals surface area contributed by atoms with Gasteiger partial charge < -0.3 is 15.5 Å². The van der Waals surface area contributed by atoms with E-state index in [1.807, 2.05) is 13.8 Å². The summed E-state index contributed by atoms with van der Waals surface area (Å²) in [4.78, 5) is 26.4. The predicted octanol–water partition coefficient (Wildman–Crippen LogP) is 5.29. The second-order valence-electron chi connectivity index (χ2n) is 6.88. The summed E-state index contributed by atoms with van der Waals surface area (Å²) < 4.78 is 38.3. The monoisotopic (exact) mass is 421 g/mol. The van der Waals surface area contributed by atoms with E-state index in [0.29, 0.717) is 29.9 Å². The van der Waals surface area contributed by atoms with E-state index in [9.17, 15) is 22.8 Å². The van der Waals surface area contributed by atoms with Gasteiger partial charge in [0.1, 0.15) is 0 Å². The number of carbonyl (C=O) groups is 2. The zero-order valence-corrected chi connectivity index (χ0v) is 17.1. The summed E-state index contributed by atoms with van der Waals surface area (Å²) in [5, 5.41) is 5.13. The maximum atomic E-state index is 12.8. The molecule has 3 amide bonds. The molecule has 0 aromatic heterocycles. The van der Waals surface area contributed by atoms with E-state index in [-0.39, 0.29) is 12.5 Å². The molecule has 0 fully saturated rings. The van der Waals surface area contributed by atoms with Gasteiger partial charge in [0.2, 0.25) is 0 Å². The van der Waals surface area contributed by atoms with Crippen LogP contribution >= 0.6 is 0 Å². The first-order valence-corrected chi connectivity index (χ1v) is 9.85. The molecule has 2 aromatic rings. The lowest BCUT2D eigenvalue weighted by atomic mass is 10.1. The van der Waals surface area contributed by atoms with Crippen molar-refractivity contribution in [3.63, 3.8) is 0 Å². The number of amides is 3. The van der Waals surface area contributed by atoms with Crippen LogP contribution in [0.25, 0.3) is 0 Å². The summed E-state index contributed by atoms with van der Waals surface area (Å²) in [6, 6.07) is 10.8. The quantitative estimate of drug-likeness (QED) is 0.608. The zero-order chi connectivity index (χ0) is 22.1. The van der Waals surface area contributed by atoms with Gasteiger partial charge in [-0.1, -0.05) is 26.0 Å². The Morgan fingerprint density at radius 3 is 2.17 bits per heavy atom. The van der Waals surface area contributed by atoms with Crippen molar-refractivity contribution < 1.29 is 22.8 Å². The van der Waals surface area contributed by atoms with Crippen molar-refractivity contribution in [2.45, 2.75) is 39.4 Å². The van der Waals surface area contributed by atoms with Gasteiger partial charge >= 0.3 is 12.2 Å². The lowest BCUT2D eigenvalue weighted by molar-refractivity contribution is -0.137. The van der Waals surface area contributed by atoms with Crippen molar-refractivity contribution in [3.8, 4) is 0 Å². The molecule has 0 unspecified atom stereocenters. The summed E-state index contributed by atoms with van der Waals surface area (Å²) in [7, 11) is 0. The van der Waals surface area contributed by atoms with Gasteiger partial charge in [-0.15, -0.1) is 0 Å². The Balaban J connectivity index is 1.92. The lowest BCUT2D eigenvalue weighted by Gasteiger charge is -2.21. The van der Waals surface area contributed by atoms with Crippen molar-refractivity contribution >= 4 is 17.6 Å². The normalized spacial score (nSPS) is 11.1. The highest BCUT2D eigenvalue weighted by Crippen LogP contribution is 2.29. The fraction of sp³-hybridized carbons (Fsp3) is 0.364. The molecule has 2 rings (SSSR count). The van der Waals surface area contributed by atoms with Gasteiger partial charge in [-0.3, -0.25) is 4.79 Å². The average Bonchev–Trinajstić information content (AvgIpc) is 2.72. The van der Waals surface area contributed by atoms with Crippen LogP contribution in [-0.4, -0.2) is 29.9 Å². The van der Waals surface area contributed by atoms with Crippen LogP contribution in [-0.2, 0) is 12.7 Å². The third-order valence-electron chi connectivity index (χ3n) is 4.37. The fourth-order valence-electron chi connectivity index (χ4n) is 2.95. The molecule has 0 radical (unpaired) electrons. The molecule has 2 N–H and O–H groups in total.